The zero-order chi connectivity index (χ0) is 15.7. The molecule has 0 heterocycles. The number of benzene rings is 1. The molecule has 0 fully saturated rings. The molecule has 1 aromatic carbocycles. The second-order valence-corrected chi connectivity index (χ2v) is 5.67. The summed E-state index contributed by atoms with van der Waals surface area (Å²) >= 11 is 0. The number of carbonyl (C=O) groups is 1. The number of hydrogen-bond acceptors (Lipinski definition) is 2. The number of amides is 1. The van der Waals surface area contributed by atoms with Crippen molar-refractivity contribution < 1.29 is 9.53 Å². The Morgan fingerprint density at radius 3 is 2.48 bits per heavy atom. The van der Waals surface area contributed by atoms with Crippen LogP contribution in [0.1, 0.15) is 51.5 Å². The third-order valence-electron chi connectivity index (χ3n) is 4.09. The van der Waals surface area contributed by atoms with Gasteiger partial charge in [0.15, 0.2) is 0 Å². The van der Waals surface area contributed by atoms with Crippen LogP contribution in [-0.2, 0) is 9.53 Å². The van der Waals surface area contributed by atoms with Crippen molar-refractivity contribution in [2.45, 2.75) is 59.0 Å². The number of anilines is 1. The lowest BCUT2D eigenvalue weighted by molar-refractivity contribution is -0.126. The topological polar surface area (TPSA) is 38.3 Å². The number of ether oxygens (including phenoxy) is 1. The van der Waals surface area contributed by atoms with Crippen LogP contribution in [0.5, 0.6) is 0 Å². The van der Waals surface area contributed by atoms with E-state index < -0.39 is 0 Å². The minimum Gasteiger partial charge on any atom is -0.372 e. The van der Waals surface area contributed by atoms with Crippen LogP contribution in [0.25, 0.3) is 0 Å². The van der Waals surface area contributed by atoms with Crippen LogP contribution in [0.3, 0.4) is 0 Å². The van der Waals surface area contributed by atoms with Gasteiger partial charge in [0.05, 0.1) is 0 Å². The second-order valence-electron chi connectivity index (χ2n) is 5.67. The maximum Gasteiger partial charge on any atom is 0.253 e. The summed E-state index contributed by atoms with van der Waals surface area (Å²) in [5.41, 5.74) is 1.93. The summed E-state index contributed by atoms with van der Waals surface area (Å²) in [5.74, 6) is 0.650. The van der Waals surface area contributed by atoms with Crippen LogP contribution < -0.4 is 5.32 Å². The van der Waals surface area contributed by atoms with Crippen LogP contribution in [0.2, 0.25) is 0 Å². The summed E-state index contributed by atoms with van der Waals surface area (Å²) in [6, 6.07) is 7.81. The lowest BCUT2D eigenvalue weighted by atomic mass is 9.93. The highest BCUT2D eigenvalue weighted by atomic mass is 16.5. The first-order valence-electron chi connectivity index (χ1n) is 8.01. The minimum atomic E-state index is -0.365. The second kappa shape index (κ2) is 9.56. The summed E-state index contributed by atoms with van der Waals surface area (Å²) < 4.78 is 5.39. The van der Waals surface area contributed by atoms with E-state index in [0.29, 0.717) is 5.92 Å². The summed E-state index contributed by atoms with van der Waals surface area (Å²) in [6.45, 7) is 6.42. The lowest BCUT2D eigenvalue weighted by Gasteiger charge is -2.19. The molecular weight excluding hydrogens is 262 g/mol. The van der Waals surface area contributed by atoms with Gasteiger partial charge in [-0.2, -0.15) is 0 Å². The van der Waals surface area contributed by atoms with Gasteiger partial charge in [0.1, 0.15) is 6.10 Å². The Bertz CT molecular complexity index is 431. The van der Waals surface area contributed by atoms with E-state index in [1.165, 1.54) is 19.3 Å². The first kappa shape index (κ1) is 17.7. The van der Waals surface area contributed by atoms with Gasteiger partial charge in [-0.3, -0.25) is 4.79 Å². The van der Waals surface area contributed by atoms with E-state index >= 15 is 0 Å². The molecule has 0 radical (unpaired) electrons. The van der Waals surface area contributed by atoms with Gasteiger partial charge in [-0.05, 0) is 37.3 Å². The van der Waals surface area contributed by atoms with E-state index in [1.54, 1.807) is 7.11 Å². The van der Waals surface area contributed by atoms with Crippen LogP contribution in [0.15, 0.2) is 24.3 Å². The van der Waals surface area contributed by atoms with Gasteiger partial charge in [0.25, 0.3) is 5.91 Å². The molecular formula is C18H29NO2. The normalized spacial score (nSPS) is 13.7. The maximum atomic E-state index is 12.3. The van der Waals surface area contributed by atoms with Crippen molar-refractivity contribution in [1.29, 1.82) is 0 Å². The number of hydrogen-bond donors (Lipinski definition) is 1. The number of rotatable bonds is 9. The molecule has 0 saturated heterocycles. The largest absolute Gasteiger partial charge is 0.372 e. The van der Waals surface area contributed by atoms with Gasteiger partial charge >= 0.3 is 0 Å². The zero-order valence-corrected chi connectivity index (χ0v) is 13.8. The van der Waals surface area contributed by atoms with Crippen molar-refractivity contribution in [3.63, 3.8) is 0 Å². The molecule has 3 nitrogen and oxygen atoms in total. The van der Waals surface area contributed by atoms with E-state index in [0.717, 1.165) is 24.1 Å². The Morgan fingerprint density at radius 2 is 1.90 bits per heavy atom. The van der Waals surface area contributed by atoms with Gasteiger partial charge in [0, 0.05) is 12.8 Å². The molecule has 3 heteroatoms. The van der Waals surface area contributed by atoms with Gasteiger partial charge in [-0.25, -0.2) is 0 Å². The van der Waals surface area contributed by atoms with Crippen molar-refractivity contribution >= 4 is 11.6 Å². The lowest BCUT2D eigenvalue weighted by Crippen LogP contribution is -2.30. The highest BCUT2D eigenvalue weighted by molar-refractivity contribution is 5.94. The number of nitrogens with one attached hydrogen (secondary N) is 1. The monoisotopic (exact) mass is 291 g/mol. The van der Waals surface area contributed by atoms with Crippen molar-refractivity contribution in [3.05, 3.63) is 29.8 Å². The minimum absolute atomic E-state index is 0.0434. The van der Waals surface area contributed by atoms with Gasteiger partial charge < -0.3 is 10.1 Å². The maximum absolute atomic E-state index is 12.3. The van der Waals surface area contributed by atoms with E-state index in [4.69, 9.17) is 4.74 Å². The third kappa shape index (κ3) is 5.88. The standard InChI is InChI=1S/C18H29NO2/c1-5-9-15(6-2)12-13-17(21-4)18(20)19-16-11-8-7-10-14(16)3/h7-8,10-11,15,17H,5-6,9,12-13H2,1-4H3,(H,19,20). The van der Waals surface area contributed by atoms with Crippen LogP contribution in [0, 0.1) is 12.8 Å². The van der Waals surface area contributed by atoms with Crippen molar-refractivity contribution in [2.75, 3.05) is 12.4 Å². The molecule has 1 rings (SSSR count). The van der Waals surface area contributed by atoms with Crippen LogP contribution in [0.4, 0.5) is 5.69 Å². The molecule has 21 heavy (non-hydrogen) atoms. The third-order valence-corrected chi connectivity index (χ3v) is 4.09. The van der Waals surface area contributed by atoms with Gasteiger partial charge in [0.2, 0.25) is 0 Å². The molecule has 118 valence electrons. The fourth-order valence-electron chi connectivity index (χ4n) is 2.63. The Hall–Kier alpha value is -1.35. The van der Waals surface area contributed by atoms with Crippen LogP contribution >= 0.6 is 0 Å². The number of para-hydroxylation sites is 1. The van der Waals surface area contributed by atoms with Crippen molar-refractivity contribution in [1.82, 2.24) is 0 Å². The van der Waals surface area contributed by atoms with Crippen molar-refractivity contribution in [2.24, 2.45) is 5.92 Å². The molecule has 2 unspecified atom stereocenters. The SMILES string of the molecule is CCCC(CC)CCC(OC)C(=O)Nc1ccccc1C. The molecule has 0 aromatic heterocycles. The predicted octanol–water partition coefficient (Wildman–Crippen LogP) is 4.56. The molecule has 1 aromatic rings. The first-order chi connectivity index (χ1) is 10.1. The van der Waals surface area contributed by atoms with Gasteiger partial charge in [-0.15, -0.1) is 0 Å². The summed E-state index contributed by atoms with van der Waals surface area (Å²) in [5, 5.41) is 2.97. The Kier molecular flexibility index (Phi) is 8.06. The zero-order valence-electron chi connectivity index (χ0n) is 13.8. The first-order valence-corrected chi connectivity index (χ1v) is 8.01. The predicted molar refractivity (Wildman–Crippen MR) is 88.5 cm³/mol. The fourth-order valence-corrected chi connectivity index (χ4v) is 2.63. The summed E-state index contributed by atoms with van der Waals surface area (Å²) in [4.78, 5) is 12.3. The molecule has 0 aliphatic heterocycles. The highest BCUT2D eigenvalue weighted by Gasteiger charge is 2.19. The molecule has 0 aliphatic rings. The molecule has 0 spiro atoms. The van der Waals surface area contributed by atoms with E-state index in [1.807, 2.05) is 31.2 Å². The Labute approximate surface area is 129 Å². The molecule has 1 N–H and O–H groups in total. The average molecular weight is 291 g/mol. The van der Waals surface area contributed by atoms with E-state index in [-0.39, 0.29) is 12.0 Å². The number of aryl methyl sites for hydroxylation is 1. The van der Waals surface area contributed by atoms with Crippen LogP contribution in [-0.4, -0.2) is 19.1 Å². The number of methoxy groups -OCH3 is 1. The van der Waals surface area contributed by atoms with E-state index in [9.17, 15) is 4.79 Å². The quantitative estimate of drug-likeness (QED) is 0.724. The molecule has 0 bridgehead atoms. The Balaban J connectivity index is 2.55. The van der Waals surface area contributed by atoms with E-state index in [2.05, 4.69) is 19.2 Å². The summed E-state index contributed by atoms with van der Waals surface area (Å²) in [6.07, 6.45) is 5.06. The fraction of sp³-hybridized carbons (Fsp3) is 0.611. The molecule has 0 aliphatic carbocycles. The molecule has 2 atom stereocenters. The number of carbonyl (C=O) groups excluding carboxylic acids is 1. The summed E-state index contributed by atoms with van der Waals surface area (Å²) in [7, 11) is 1.61. The molecule has 1 amide bonds. The molecule has 0 saturated carbocycles. The smallest absolute Gasteiger partial charge is 0.253 e. The average Bonchev–Trinajstić information content (AvgIpc) is 2.49. The van der Waals surface area contributed by atoms with Gasteiger partial charge in [-0.1, -0.05) is 51.3 Å². The Morgan fingerprint density at radius 1 is 1.19 bits per heavy atom. The highest BCUT2D eigenvalue weighted by Crippen LogP contribution is 2.20. The van der Waals surface area contributed by atoms with Crippen molar-refractivity contribution in [3.8, 4) is 0 Å².